The highest BCUT2D eigenvalue weighted by Crippen LogP contribution is 2.25. The Bertz CT molecular complexity index is 1490. The van der Waals surface area contributed by atoms with E-state index in [-0.39, 0.29) is 35.7 Å². The van der Waals surface area contributed by atoms with E-state index in [0.717, 1.165) is 11.1 Å². The second-order valence-corrected chi connectivity index (χ2v) is 12.0. The quantitative estimate of drug-likeness (QED) is 0.318. The molecule has 0 saturated carbocycles. The number of benzene rings is 3. The molecule has 0 fully saturated rings. The average Bonchev–Trinajstić information content (AvgIpc) is 3.09. The summed E-state index contributed by atoms with van der Waals surface area (Å²) in [6.07, 6.45) is 2.26. The molecule has 0 spiro atoms. The molecule has 8 nitrogen and oxygen atoms in total. The molecule has 2 aliphatic rings. The highest BCUT2D eigenvalue weighted by molar-refractivity contribution is 7.89. The third-order valence-corrected chi connectivity index (χ3v) is 9.33. The van der Waals surface area contributed by atoms with Gasteiger partial charge in [-0.3, -0.25) is 19.3 Å². The largest absolute Gasteiger partial charge is 0.338 e. The lowest BCUT2D eigenvalue weighted by Gasteiger charge is -2.20. The summed E-state index contributed by atoms with van der Waals surface area (Å²) in [5.74, 6) is -0.617. The van der Waals surface area contributed by atoms with Crippen LogP contribution in [0.4, 0.5) is 0 Å². The minimum absolute atomic E-state index is 0.0165. The topological polar surface area (TPSA) is 95.1 Å². The number of carbonyl (C=O) groups excluding carboxylic acids is 3. The second-order valence-electron chi connectivity index (χ2n) is 9.93. The van der Waals surface area contributed by atoms with Gasteiger partial charge in [0.25, 0.3) is 17.7 Å². The van der Waals surface area contributed by atoms with Crippen LogP contribution in [-0.2, 0) is 22.9 Å². The average molecular weight is 546 g/mol. The number of amides is 3. The van der Waals surface area contributed by atoms with E-state index in [1.54, 1.807) is 55.6 Å². The maximum absolute atomic E-state index is 13.3. The van der Waals surface area contributed by atoms with Gasteiger partial charge in [-0.1, -0.05) is 36.4 Å². The van der Waals surface area contributed by atoms with Crippen LogP contribution in [0.15, 0.2) is 77.7 Å². The van der Waals surface area contributed by atoms with Gasteiger partial charge in [-0.25, -0.2) is 12.7 Å². The van der Waals surface area contributed by atoms with Gasteiger partial charge in [-0.05, 0) is 73.2 Å². The molecule has 2 aliphatic heterocycles. The zero-order chi connectivity index (χ0) is 27.6. The van der Waals surface area contributed by atoms with Crippen molar-refractivity contribution in [3.63, 3.8) is 0 Å². The molecule has 0 saturated heterocycles. The van der Waals surface area contributed by atoms with Gasteiger partial charge in [-0.2, -0.15) is 0 Å². The van der Waals surface area contributed by atoms with Gasteiger partial charge in [0.05, 0.1) is 16.0 Å². The van der Waals surface area contributed by atoms with Crippen LogP contribution < -0.4 is 0 Å². The molecule has 0 bridgehead atoms. The fourth-order valence-corrected chi connectivity index (χ4v) is 6.44. The van der Waals surface area contributed by atoms with Crippen LogP contribution in [0.3, 0.4) is 0 Å². The van der Waals surface area contributed by atoms with Crippen LogP contribution in [0.25, 0.3) is 0 Å². The first-order valence-corrected chi connectivity index (χ1v) is 14.6. The van der Waals surface area contributed by atoms with Crippen LogP contribution >= 0.6 is 0 Å². The van der Waals surface area contributed by atoms with Crippen LogP contribution in [0.5, 0.6) is 0 Å². The van der Waals surface area contributed by atoms with Crippen molar-refractivity contribution in [2.45, 2.75) is 30.6 Å². The SMILES string of the molecule is CN(CCCCN1C(=O)c2ccccc2C1=O)S(=O)(=O)c1ccc2c(c1)CCN(C(=O)c1ccccc1)CC2. The van der Waals surface area contributed by atoms with Crippen LogP contribution in [0, 0.1) is 0 Å². The molecular weight excluding hydrogens is 514 g/mol. The Morgan fingerprint density at radius 3 is 2.10 bits per heavy atom. The Hall–Kier alpha value is -3.82. The lowest BCUT2D eigenvalue weighted by Crippen LogP contribution is -2.33. The molecule has 39 heavy (non-hydrogen) atoms. The first kappa shape index (κ1) is 26.8. The Balaban J connectivity index is 1.17. The van der Waals surface area contributed by atoms with Crippen molar-refractivity contribution in [2.24, 2.45) is 0 Å². The van der Waals surface area contributed by atoms with Crippen molar-refractivity contribution in [1.82, 2.24) is 14.1 Å². The third-order valence-electron chi connectivity index (χ3n) is 7.48. The fourth-order valence-electron chi connectivity index (χ4n) is 5.18. The molecule has 3 aromatic rings. The van der Waals surface area contributed by atoms with Crippen LogP contribution in [-0.4, -0.2) is 73.5 Å². The van der Waals surface area contributed by atoms with E-state index < -0.39 is 10.0 Å². The Labute approximate surface area is 228 Å². The van der Waals surface area contributed by atoms with E-state index in [1.807, 2.05) is 29.2 Å². The monoisotopic (exact) mass is 545 g/mol. The molecule has 0 aliphatic carbocycles. The van der Waals surface area contributed by atoms with E-state index in [1.165, 1.54) is 9.21 Å². The molecule has 0 unspecified atom stereocenters. The third kappa shape index (κ3) is 5.37. The molecule has 0 radical (unpaired) electrons. The summed E-state index contributed by atoms with van der Waals surface area (Å²) in [6.45, 7) is 1.62. The molecule has 3 amide bonds. The summed E-state index contributed by atoms with van der Waals surface area (Å²) in [6, 6.07) is 21.2. The van der Waals surface area contributed by atoms with Crippen molar-refractivity contribution >= 4 is 27.7 Å². The maximum Gasteiger partial charge on any atom is 0.261 e. The number of hydrogen-bond donors (Lipinski definition) is 0. The number of imide groups is 1. The molecule has 0 atom stereocenters. The molecule has 2 heterocycles. The summed E-state index contributed by atoms with van der Waals surface area (Å²) < 4.78 is 27.9. The Morgan fingerprint density at radius 1 is 0.821 bits per heavy atom. The van der Waals surface area contributed by atoms with Gasteiger partial charge in [0.15, 0.2) is 0 Å². The summed E-state index contributed by atoms with van der Waals surface area (Å²) in [5.41, 5.74) is 3.48. The number of hydrogen-bond acceptors (Lipinski definition) is 5. The number of nitrogens with zero attached hydrogens (tertiary/aromatic N) is 3. The number of carbonyl (C=O) groups is 3. The maximum atomic E-state index is 13.3. The van der Waals surface area contributed by atoms with E-state index in [2.05, 4.69) is 0 Å². The summed E-state index contributed by atoms with van der Waals surface area (Å²) in [5, 5.41) is 0. The standard InChI is InChI=1S/C30H31N3O5S/c1-31(17-7-8-18-33-29(35)26-11-5-6-12-27(26)30(33)36)39(37,38)25-14-13-22-15-19-32(20-16-24(22)21-25)28(34)23-9-3-2-4-10-23/h2-6,9-14,21H,7-8,15-20H2,1H3. The second kappa shape index (κ2) is 11.1. The zero-order valence-corrected chi connectivity index (χ0v) is 22.7. The minimum Gasteiger partial charge on any atom is -0.338 e. The lowest BCUT2D eigenvalue weighted by molar-refractivity contribution is 0.0650. The van der Waals surface area contributed by atoms with Gasteiger partial charge >= 0.3 is 0 Å². The van der Waals surface area contributed by atoms with Crippen LogP contribution in [0.2, 0.25) is 0 Å². The van der Waals surface area contributed by atoms with Gasteiger partial charge in [0.2, 0.25) is 10.0 Å². The molecule has 5 rings (SSSR count). The van der Waals surface area contributed by atoms with E-state index >= 15 is 0 Å². The van der Waals surface area contributed by atoms with Crippen LogP contribution in [0.1, 0.15) is 55.0 Å². The minimum atomic E-state index is -3.72. The van der Waals surface area contributed by atoms with E-state index in [4.69, 9.17) is 0 Å². The number of rotatable bonds is 8. The molecule has 0 N–H and O–H groups in total. The van der Waals surface area contributed by atoms with Crippen molar-refractivity contribution in [2.75, 3.05) is 33.2 Å². The molecule has 0 aromatic heterocycles. The molecule has 9 heteroatoms. The Kier molecular flexibility index (Phi) is 7.63. The number of fused-ring (bicyclic) bond motifs is 2. The predicted molar refractivity (Wildman–Crippen MR) is 147 cm³/mol. The molecule has 202 valence electrons. The first-order chi connectivity index (χ1) is 18.8. The van der Waals surface area contributed by atoms with Gasteiger partial charge in [0.1, 0.15) is 0 Å². The fraction of sp³-hybridized carbons (Fsp3) is 0.300. The van der Waals surface area contributed by atoms with Crippen molar-refractivity contribution in [3.05, 3.63) is 101 Å². The number of sulfonamides is 1. The van der Waals surface area contributed by atoms with E-state index in [9.17, 15) is 22.8 Å². The van der Waals surface area contributed by atoms with Gasteiger partial charge < -0.3 is 4.90 Å². The van der Waals surface area contributed by atoms with Gasteiger partial charge in [-0.15, -0.1) is 0 Å². The molecular formula is C30H31N3O5S. The lowest BCUT2D eigenvalue weighted by atomic mass is 10.0. The van der Waals surface area contributed by atoms with Crippen molar-refractivity contribution < 1.29 is 22.8 Å². The highest BCUT2D eigenvalue weighted by Gasteiger charge is 2.34. The summed E-state index contributed by atoms with van der Waals surface area (Å²) in [7, 11) is -2.17. The normalized spacial score (nSPS) is 15.3. The zero-order valence-electron chi connectivity index (χ0n) is 21.9. The Morgan fingerprint density at radius 2 is 1.44 bits per heavy atom. The van der Waals surface area contributed by atoms with Gasteiger partial charge in [0, 0.05) is 38.8 Å². The smallest absolute Gasteiger partial charge is 0.261 e. The summed E-state index contributed by atoms with van der Waals surface area (Å²) in [4.78, 5) is 41.2. The molecule has 3 aromatic carbocycles. The van der Waals surface area contributed by atoms with Crippen molar-refractivity contribution in [1.29, 1.82) is 0 Å². The summed E-state index contributed by atoms with van der Waals surface area (Å²) >= 11 is 0. The number of unbranched alkanes of at least 4 members (excludes halogenated alkanes) is 1. The highest BCUT2D eigenvalue weighted by atomic mass is 32.2. The van der Waals surface area contributed by atoms with E-state index in [0.29, 0.717) is 55.5 Å². The first-order valence-electron chi connectivity index (χ1n) is 13.1. The predicted octanol–water partition coefficient (Wildman–Crippen LogP) is 3.62. The van der Waals surface area contributed by atoms with Crippen molar-refractivity contribution in [3.8, 4) is 0 Å².